The number of cyclic esters (lactones) is 1. The van der Waals surface area contributed by atoms with Crippen LogP contribution in [0, 0.1) is 0 Å². The summed E-state index contributed by atoms with van der Waals surface area (Å²) in [5.41, 5.74) is 0. The first-order chi connectivity index (χ1) is 4.33. The van der Waals surface area contributed by atoms with E-state index in [2.05, 4.69) is 0 Å². The van der Waals surface area contributed by atoms with Crippen LogP contribution in [0.2, 0.25) is 6.04 Å². The maximum absolute atomic E-state index is 10.5. The summed E-state index contributed by atoms with van der Waals surface area (Å²) in [6, 6.07) is 1.25. The summed E-state index contributed by atoms with van der Waals surface area (Å²) in [7, 11) is 1.23. The number of carbonyl (C=O) groups is 1. The van der Waals surface area contributed by atoms with Crippen molar-refractivity contribution in [1.82, 2.24) is 0 Å². The largest absolute Gasteiger partial charge is 0.462 e. The quantitative estimate of drug-likeness (QED) is 0.398. The molecule has 0 aromatic carbocycles. The molecule has 0 radical (unpaired) electrons. The molecule has 0 aromatic rings. The fourth-order valence-corrected chi connectivity index (χ4v) is 1.75. The lowest BCUT2D eigenvalue weighted by atomic mass is 10.2. The van der Waals surface area contributed by atoms with Crippen molar-refractivity contribution in [3.8, 4) is 0 Å². The fraction of sp³-hybridized carbons (Fsp3) is 0.833. The molecule has 0 spiro atoms. The molecular weight excluding hydrogens is 132 g/mol. The SMILES string of the molecule is O=C1CCC(CC[SiH3])O1. The van der Waals surface area contributed by atoms with E-state index in [0.717, 1.165) is 12.8 Å². The van der Waals surface area contributed by atoms with Gasteiger partial charge in [-0.05, 0) is 12.8 Å². The van der Waals surface area contributed by atoms with Crippen LogP contribution in [0.4, 0.5) is 0 Å². The first kappa shape index (κ1) is 6.80. The number of carbonyl (C=O) groups excluding carboxylic acids is 1. The highest BCUT2D eigenvalue weighted by Crippen LogP contribution is 2.17. The molecule has 1 aliphatic rings. The van der Waals surface area contributed by atoms with Gasteiger partial charge in [0.05, 0.1) is 0 Å². The number of hydrogen-bond acceptors (Lipinski definition) is 2. The van der Waals surface area contributed by atoms with Gasteiger partial charge >= 0.3 is 5.97 Å². The van der Waals surface area contributed by atoms with Gasteiger partial charge in [-0.2, -0.15) is 0 Å². The second-order valence-corrected chi connectivity index (χ2v) is 3.44. The Balaban J connectivity index is 2.22. The molecule has 1 rings (SSSR count). The summed E-state index contributed by atoms with van der Waals surface area (Å²) in [6.45, 7) is 0. The first-order valence-corrected chi connectivity index (χ1v) is 4.94. The lowest BCUT2D eigenvalue weighted by Crippen LogP contribution is -2.05. The zero-order valence-electron chi connectivity index (χ0n) is 5.72. The van der Waals surface area contributed by atoms with Crippen LogP contribution < -0.4 is 0 Å². The smallest absolute Gasteiger partial charge is 0.306 e. The van der Waals surface area contributed by atoms with Crippen molar-refractivity contribution in [2.45, 2.75) is 31.4 Å². The number of esters is 1. The maximum Gasteiger partial charge on any atom is 0.306 e. The Morgan fingerprint density at radius 1 is 1.78 bits per heavy atom. The van der Waals surface area contributed by atoms with E-state index in [1.807, 2.05) is 0 Å². The predicted octanol–water partition coefficient (Wildman–Crippen LogP) is -0.134. The van der Waals surface area contributed by atoms with Crippen LogP contribution in [0.15, 0.2) is 0 Å². The van der Waals surface area contributed by atoms with Gasteiger partial charge < -0.3 is 4.74 Å². The third kappa shape index (κ3) is 1.82. The second kappa shape index (κ2) is 3.01. The van der Waals surface area contributed by atoms with E-state index in [0.29, 0.717) is 6.42 Å². The van der Waals surface area contributed by atoms with Crippen molar-refractivity contribution >= 4 is 16.2 Å². The lowest BCUT2D eigenvalue weighted by Gasteiger charge is -2.04. The van der Waals surface area contributed by atoms with E-state index in [1.165, 1.54) is 16.3 Å². The molecule has 1 aliphatic heterocycles. The van der Waals surface area contributed by atoms with Crippen LogP contribution in [0.25, 0.3) is 0 Å². The Labute approximate surface area is 58.0 Å². The first-order valence-electron chi connectivity index (χ1n) is 3.52. The lowest BCUT2D eigenvalue weighted by molar-refractivity contribution is -0.141. The molecule has 1 heterocycles. The van der Waals surface area contributed by atoms with Crippen molar-refractivity contribution in [2.24, 2.45) is 0 Å². The highest BCUT2D eigenvalue weighted by molar-refractivity contribution is 6.08. The van der Waals surface area contributed by atoms with Crippen molar-refractivity contribution in [3.05, 3.63) is 0 Å². The minimum absolute atomic E-state index is 0.00452. The molecule has 52 valence electrons. The van der Waals surface area contributed by atoms with Gasteiger partial charge in [-0.3, -0.25) is 4.79 Å². The van der Waals surface area contributed by atoms with Crippen LogP contribution in [-0.2, 0) is 9.53 Å². The van der Waals surface area contributed by atoms with Crippen molar-refractivity contribution in [3.63, 3.8) is 0 Å². The summed E-state index contributed by atoms with van der Waals surface area (Å²) in [6.07, 6.45) is 2.97. The van der Waals surface area contributed by atoms with Crippen molar-refractivity contribution in [1.29, 1.82) is 0 Å². The number of rotatable bonds is 2. The summed E-state index contributed by atoms with van der Waals surface area (Å²) < 4.78 is 4.98. The van der Waals surface area contributed by atoms with Crippen LogP contribution >= 0.6 is 0 Å². The average molecular weight is 144 g/mol. The van der Waals surface area contributed by atoms with E-state index in [9.17, 15) is 4.79 Å². The Bertz CT molecular complexity index is 114. The van der Waals surface area contributed by atoms with Gasteiger partial charge in [-0.25, -0.2) is 0 Å². The minimum atomic E-state index is -0.00452. The maximum atomic E-state index is 10.5. The molecule has 0 amide bonds. The summed E-state index contributed by atoms with van der Waals surface area (Å²) in [5.74, 6) is -0.00452. The van der Waals surface area contributed by atoms with Gasteiger partial charge in [0.25, 0.3) is 0 Å². The summed E-state index contributed by atoms with van der Waals surface area (Å²) >= 11 is 0. The van der Waals surface area contributed by atoms with E-state index in [4.69, 9.17) is 4.74 Å². The van der Waals surface area contributed by atoms with Gasteiger partial charge in [-0.1, -0.05) is 6.04 Å². The molecule has 2 nitrogen and oxygen atoms in total. The molecule has 1 atom stereocenters. The molecule has 1 saturated heterocycles. The topological polar surface area (TPSA) is 26.3 Å². The van der Waals surface area contributed by atoms with Gasteiger partial charge in [-0.15, -0.1) is 0 Å². The van der Waals surface area contributed by atoms with Crippen LogP contribution in [0.1, 0.15) is 19.3 Å². The monoisotopic (exact) mass is 144 g/mol. The highest BCUT2D eigenvalue weighted by Gasteiger charge is 2.21. The normalized spacial score (nSPS) is 26.7. The van der Waals surface area contributed by atoms with E-state index >= 15 is 0 Å². The van der Waals surface area contributed by atoms with Crippen LogP contribution in [0.3, 0.4) is 0 Å². The molecule has 1 unspecified atom stereocenters. The zero-order chi connectivity index (χ0) is 6.69. The molecule has 0 N–H and O–H groups in total. The molecule has 0 bridgehead atoms. The number of hydrogen-bond donors (Lipinski definition) is 0. The number of ether oxygens (including phenoxy) is 1. The van der Waals surface area contributed by atoms with Gasteiger partial charge in [0.15, 0.2) is 0 Å². The minimum Gasteiger partial charge on any atom is -0.462 e. The van der Waals surface area contributed by atoms with Crippen molar-refractivity contribution < 1.29 is 9.53 Å². The van der Waals surface area contributed by atoms with E-state index in [1.54, 1.807) is 0 Å². The van der Waals surface area contributed by atoms with E-state index < -0.39 is 0 Å². The molecule has 0 aliphatic carbocycles. The van der Waals surface area contributed by atoms with Crippen molar-refractivity contribution in [2.75, 3.05) is 0 Å². The molecule has 9 heavy (non-hydrogen) atoms. The third-order valence-electron chi connectivity index (χ3n) is 1.58. The van der Waals surface area contributed by atoms with Gasteiger partial charge in [0, 0.05) is 16.7 Å². The predicted molar refractivity (Wildman–Crippen MR) is 38.5 cm³/mol. The molecule has 0 aromatic heterocycles. The summed E-state index contributed by atoms with van der Waals surface area (Å²) in [5, 5.41) is 0. The Morgan fingerprint density at radius 3 is 3.00 bits per heavy atom. The van der Waals surface area contributed by atoms with Crippen LogP contribution in [-0.4, -0.2) is 22.3 Å². The Kier molecular flexibility index (Phi) is 2.27. The average Bonchev–Trinajstić information content (AvgIpc) is 2.17. The summed E-state index contributed by atoms with van der Waals surface area (Å²) in [4.78, 5) is 10.5. The van der Waals surface area contributed by atoms with Gasteiger partial charge in [0.1, 0.15) is 6.10 Å². The second-order valence-electron chi connectivity index (χ2n) is 2.44. The van der Waals surface area contributed by atoms with Crippen LogP contribution in [0.5, 0.6) is 0 Å². The molecule has 0 saturated carbocycles. The van der Waals surface area contributed by atoms with E-state index in [-0.39, 0.29) is 12.1 Å². The molecule has 1 fully saturated rings. The third-order valence-corrected chi connectivity index (χ3v) is 2.16. The Hall–Kier alpha value is -0.313. The molecule has 3 heteroatoms. The molecular formula is C6H12O2Si. The fourth-order valence-electron chi connectivity index (χ4n) is 1.11. The van der Waals surface area contributed by atoms with Gasteiger partial charge in [0.2, 0.25) is 0 Å². The zero-order valence-corrected chi connectivity index (χ0v) is 7.72. The highest BCUT2D eigenvalue weighted by atomic mass is 28.1. The Morgan fingerprint density at radius 2 is 2.56 bits per heavy atom. The standard InChI is InChI=1S/C6H12O2Si/c7-6-2-1-5(8-6)3-4-9/h5H,1-4H2,9H3.